The minimum absolute atomic E-state index is 0.0185. The summed E-state index contributed by atoms with van der Waals surface area (Å²) in [5, 5.41) is 3.14. The zero-order valence-electron chi connectivity index (χ0n) is 10.5. The summed E-state index contributed by atoms with van der Waals surface area (Å²) in [6, 6.07) is 2.03. The standard InChI is InChI=1S/C13H16F2N2O/c1-8-5-12(15)10(6-11(8)14)13(18)17-4-3-16-7-9(17)2/h5-6,9,16H,3-4,7H2,1-2H3/t9-/m0/s1. The van der Waals surface area contributed by atoms with E-state index in [1.54, 1.807) is 4.90 Å². The summed E-state index contributed by atoms with van der Waals surface area (Å²) in [6.07, 6.45) is 0. The van der Waals surface area contributed by atoms with Crippen LogP contribution in [0.5, 0.6) is 0 Å². The van der Waals surface area contributed by atoms with Crippen LogP contribution < -0.4 is 5.32 Å². The van der Waals surface area contributed by atoms with E-state index in [0.717, 1.165) is 12.1 Å². The van der Waals surface area contributed by atoms with E-state index in [1.165, 1.54) is 6.92 Å². The smallest absolute Gasteiger partial charge is 0.257 e. The van der Waals surface area contributed by atoms with Crippen molar-refractivity contribution in [2.24, 2.45) is 0 Å². The van der Waals surface area contributed by atoms with Gasteiger partial charge in [0.2, 0.25) is 0 Å². The van der Waals surface area contributed by atoms with E-state index in [0.29, 0.717) is 19.6 Å². The highest BCUT2D eigenvalue weighted by molar-refractivity contribution is 5.94. The van der Waals surface area contributed by atoms with Crippen LogP contribution in [0.2, 0.25) is 0 Å². The molecule has 1 N–H and O–H groups in total. The number of carbonyl (C=O) groups excluding carboxylic acids is 1. The molecule has 0 unspecified atom stereocenters. The van der Waals surface area contributed by atoms with Crippen molar-refractivity contribution in [1.29, 1.82) is 0 Å². The number of carbonyl (C=O) groups is 1. The molecule has 1 fully saturated rings. The van der Waals surface area contributed by atoms with Crippen LogP contribution >= 0.6 is 0 Å². The topological polar surface area (TPSA) is 32.3 Å². The average molecular weight is 254 g/mol. The number of nitrogens with one attached hydrogen (secondary N) is 1. The molecule has 1 aromatic carbocycles. The molecule has 3 nitrogen and oxygen atoms in total. The lowest BCUT2D eigenvalue weighted by molar-refractivity contribution is 0.0650. The van der Waals surface area contributed by atoms with Crippen LogP contribution in [-0.4, -0.2) is 36.5 Å². The van der Waals surface area contributed by atoms with E-state index >= 15 is 0 Å². The highest BCUT2D eigenvalue weighted by Crippen LogP contribution is 2.17. The molecule has 1 atom stereocenters. The second-order valence-electron chi connectivity index (χ2n) is 4.63. The van der Waals surface area contributed by atoms with Gasteiger partial charge in [-0.3, -0.25) is 4.79 Å². The quantitative estimate of drug-likeness (QED) is 0.827. The van der Waals surface area contributed by atoms with Gasteiger partial charge in [-0.05, 0) is 31.5 Å². The summed E-state index contributed by atoms with van der Waals surface area (Å²) in [5.41, 5.74) is 0.0178. The summed E-state index contributed by atoms with van der Waals surface area (Å²) >= 11 is 0. The molecule has 18 heavy (non-hydrogen) atoms. The Morgan fingerprint density at radius 2 is 2.11 bits per heavy atom. The first kappa shape index (κ1) is 13.0. The molecular weight excluding hydrogens is 238 g/mol. The fraction of sp³-hybridized carbons (Fsp3) is 0.462. The molecule has 5 heteroatoms. The number of rotatable bonds is 1. The van der Waals surface area contributed by atoms with Crippen molar-refractivity contribution in [2.75, 3.05) is 19.6 Å². The van der Waals surface area contributed by atoms with Gasteiger partial charge < -0.3 is 10.2 Å². The maximum absolute atomic E-state index is 13.7. The zero-order chi connectivity index (χ0) is 13.3. The number of nitrogens with zero attached hydrogens (tertiary/aromatic N) is 1. The van der Waals surface area contributed by atoms with Crippen LogP contribution in [0, 0.1) is 18.6 Å². The fourth-order valence-corrected chi connectivity index (χ4v) is 2.11. The van der Waals surface area contributed by atoms with Gasteiger partial charge in [0, 0.05) is 25.7 Å². The van der Waals surface area contributed by atoms with Crippen LogP contribution in [0.25, 0.3) is 0 Å². The Hall–Kier alpha value is -1.49. The number of amides is 1. The molecule has 2 rings (SSSR count). The average Bonchev–Trinajstić information content (AvgIpc) is 2.33. The Kier molecular flexibility index (Phi) is 3.61. The highest BCUT2D eigenvalue weighted by atomic mass is 19.1. The van der Waals surface area contributed by atoms with Crippen LogP contribution in [-0.2, 0) is 0 Å². The molecular formula is C13H16F2N2O. The van der Waals surface area contributed by atoms with Crippen molar-refractivity contribution in [2.45, 2.75) is 19.9 Å². The maximum Gasteiger partial charge on any atom is 0.257 e. The molecule has 0 radical (unpaired) electrons. The molecule has 0 bridgehead atoms. The van der Waals surface area contributed by atoms with Crippen molar-refractivity contribution in [3.8, 4) is 0 Å². The lowest BCUT2D eigenvalue weighted by atomic mass is 10.1. The van der Waals surface area contributed by atoms with Crippen molar-refractivity contribution < 1.29 is 13.6 Å². The Morgan fingerprint density at radius 3 is 2.78 bits per heavy atom. The molecule has 1 aliphatic heterocycles. The van der Waals surface area contributed by atoms with Crippen LogP contribution in [0.15, 0.2) is 12.1 Å². The van der Waals surface area contributed by atoms with Crippen LogP contribution in [0.3, 0.4) is 0 Å². The molecule has 1 aliphatic rings. The number of aryl methyl sites for hydroxylation is 1. The van der Waals surface area contributed by atoms with Crippen molar-refractivity contribution in [3.63, 3.8) is 0 Å². The van der Waals surface area contributed by atoms with Crippen LogP contribution in [0.4, 0.5) is 8.78 Å². The SMILES string of the molecule is Cc1cc(F)c(C(=O)N2CCNC[C@@H]2C)cc1F. The second kappa shape index (κ2) is 5.02. The molecule has 98 valence electrons. The van der Waals surface area contributed by atoms with Gasteiger partial charge in [0.1, 0.15) is 11.6 Å². The summed E-state index contributed by atoms with van der Waals surface area (Å²) in [5.74, 6) is -1.66. The van der Waals surface area contributed by atoms with Gasteiger partial charge >= 0.3 is 0 Å². The van der Waals surface area contributed by atoms with E-state index in [9.17, 15) is 13.6 Å². The predicted octanol–water partition coefficient (Wildman–Crippen LogP) is 1.71. The molecule has 0 aliphatic carbocycles. The third-order valence-corrected chi connectivity index (χ3v) is 3.24. The minimum atomic E-state index is -0.662. The van der Waals surface area contributed by atoms with Gasteiger partial charge in [-0.1, -0.05) is 0 Å². The number of benzene rings is 1. The summed E-state index contributed by atoms with van der Waals surface area (Å²) in [6.45, 7) is 5.20. The maximum atomic E-state index is 13.7. The minimum Gasteiger partial charge on any atom is -0.333 e. The van der Waals surface area contributed by atoms with Gasteiger partial charge in [-0.15, -0.1) is 0 Å². The summed E-state index contributed by atoms with van der Waals surface area (Å²) in [4.78, 5) is 13.8. The molecule has 1 amide bonds. The highest BCUT2D eigenvalue weighted by Gasteiger charge is 2.26. The predicted molar refractivity (Wildman–Crippen MR) is 64.5 cm³/mol. The monoisotopic (exact) mass is 254 g/mol. The van der Waals surface area contributed by atoms with E-state index in [1.807, 2.05) is 6.92 Å². The lowest BCUT2D eigenvalue weighted by Gasteiger charge is -2.34. The van der Waals surface area contributed by atoms with E-state index in [-0.39, 0.29) is 17.2 Å². The van der Waals surface area contributed by atoms with Crippen molar-refractivity contribution in [3.05, 3.63) is 34.9 Å². The summed E-state index contributed by atoms with van der Waals surface area (Å²) < 4.78 is 27.2. The first-order valence-electron chi connectivity index (χ1n) is 5.98. The van der Waals surface area contributed by atoms with Gasteiger partial charge in [0.05, 0.1) is 5.56 Å². The molecule has 1 saturated heterocycles. The van der Waals surface area contributed by atoms with Crippen molar-refractivity contribution in [1.82, 2.24) is 10.2 Å². The van der Waals surface area contributed by atoms with E-state index in [2.05, 4.69) is 5.32 Å². The van der Waals surface area contributed by atoms with Crippen molar-refractivity contribution >= 4 is 5.91 Å². The largest absolute Gasteiger partial charge is 0.333 e. The number of hydrogen-bond donors (Lipinski definition) is 1. The fourth-order valence-electron chi connectivity index (χ4n) is 2.11. The zero-order valence-corrected chi connectivity index (χ0v) is 10.5. The Bertz CT molecular complexity index is 476. The second-order valence-corrected chi connectivity index (χ2v) is 4.63. The first-order valence-corrected chi connectivity index (χ1v) is 5.98. The normalized spacial score (nSPS) is 20.0. The Labute approximate surface area is 105 Å². The molecule has 0 saturated carbocycles. The third-order valence-electron chi connectivity index (χ3n) is 3.24. The number of hydrogen-bond acceptors (Lipinski definition) is 2. The van der Waals surface area contributed by atoms with Gasteiger partial charge in [0.25, 0.3) is 5.91 Å². The first-order chi connectivity index (χ1) is 8.50. The number of halogens is 2. The van der Waals surface area contributed by atoms with E-state index in [4.69, 9.17) is 0 Å². The summed E-state index contributed by atoms with van der Waals surface area (Å²) in [7, 11) is 0. The Balaban J connectivity index is 2.30. The molecule has 0 spiro atoms. The lowest BCUT2D eigenvalue weighted by Crippen LogP contribution is -2.52. The molecule has 1 heterocycles. The molecule has 0 aromatic heterocycles. The van der Waals surface area contributed by atoms with Gasteiger partial charge in [-0.2, -0.15) is 0 Å². The Morgan fingerprint density at radius 1 is 1.39 bits per heavy atom. The molecule has 1 aromatic rings. The van der Waals surface area contributed by atoms with E-state index < -0.39 is 17.5 Å². The van der Waals surface area contributed by atoms with Gasteiger partial charge in [0.15, 0.2) is 0 Å². The van der Waals surface area contributed by atoms with Gasteiger partial charge in [-0.25, -0.2) is 8.78 Å². The number of piperazine rings is 1. The van der Waals surface area contributed by atoms with Crippen LogP contribution in [0.1, 0.15) is 22.8 Å². The third kappa shape index (κ3) is 2.36.